The number of carbonyl (C=O) groups is 1. The molecule has 10 atom stereocenters. The van der Waals surface area contributed by atoms with Gasteiger partial charge in [-0.2, -0.15) is 0 Å². The lowest BCUT2D eigenvalue weighted by Crippen LogP contribution is -2.68. The minimum atomic E-state index is -1.30. The number of fused-ring (bicyclic) bond motifs is 5. The Kier molecular flexibility index (Phi) is 6.65. The fraction of sp³-hybridized carbons (Fsp3) is 0.900. The van der Waals surface area contributed by atoms with E-state index in [1.165, 1.54) is 5.57 Å². The smallest absolute Gasteiger partial charge is 0.303 e. The predicted octanol–water partition coefficient (Wildman–Crippen LogP) is 4.54. The van der Waals surface area contributed by atoms with Gasteiger partial charge in [0.15, 0.2) is 0 Å². The molecule has 6 nitrogen and oxygen atoms in total. The Balaban J connectivity index is 1.85. The van der Waals surface area contributed by atoms with Crippen molar-refractivity contribution in [2.24, 2.45) is 44.8 Å². The van der Waals surface area contributed by atoms with Crippen molar-refractivity contribution in [3.05, 3.63) is 11.6 Å². The third-order valence-electron chi connectivity index (χ3n) is 12.4. The van der Waals surface area contributed by atoms with E-state index in [0.29, 0.717) is 19.3 Å². The molecule has 3 saturated carbocycles. The van der Waals surface area contributed by atoms with E-state index in [4.69, 9.17) is 0 Å². The molecule has 3 fully saturated rings. The average molecular weight is 507 g/mol. The second-order valence-electron chi connectivity index (χ2n) is 14.9. The first-order valence-electron chi connectivity index (χ1n) is 14.0. The molecule has 0 aromatic carbocycles. The molecule has 0 aromatic rings. The first-order chi connectivity index (χ1) is 16.4. The van der Waals surface area contributed by atoms with Crippen molar-refractivity contribution in [1.29, 1.82) is 0 Å². The maximum Gasteiger partial charge on any atom is 0.303 e. The van der Waals surface area contributed by atoms with Crippen LogP contribution in [0.25, 0.3) is 0 Å². The van der Waals surface area contributed by atoms with E-state index in [-0.39, 0.29) is 47.0 Å². The highest BCUT2D eigenvalue weighted by Gasteiger charge is 2.70. The van der Waals surface area contributed by atoms with Crippen molar-refractivity contribution >= 4 is 5.97 Å². The van der Waals surface area contributed by atoms with Crippen LogP contribution in [0.5, 0.6) is 0 Å². The molecule has 4 aliphatic rings. The van der Waals surface area contributed by atoms with Gasteiger partial charge in [-0.1, -0.05) is 53.2 Å². The van der Waals surface area contributed by atoms with E-state index in [9.17, 15) is 30.3 Å². The van der Waals surface area contributed by atoms with Crippen LogP contribution >= 0.6 is 0 Å². The number of aliphatic carboxylic acids is 1. The Labute approximate surface area is 217 Å². The normalized spacial score (nSPS) is 49.6. The van der Waals surface area contributed by atoms with E-state index < -0.39 is 34.6 Å². The number of allylic oxidation sites excluding steroid dienone is 1. The molecule has 5 N–H and O–H groups in total. The van der Waals surface area contributed by atoms with Gasteiger partial charge in [0.25, 0.3) is 0 Å². The Morgan fingerprint density at radius 2 is 1.69 bits per heavy atom. The Morgan fingerprint density at radius 1 is 1.06 bits per heavy atom. The van der Waals surface area contributed by atoms with Crippen LogP contribution in [-0.4, -0.2) is 55.9 Å². The van der Waals surface area contributed by atoms with Crippen LogP contribution in [0, 0.1) is 44.8 Å². The number of aliphatic hydroxyl groups excluding tert-OH is 3. The molecule has 6 heteroatoms. The number of carboxylic acid groups (broad SMARTS) is 1. The molecule has 4 aliphatic carbocycles. The van der Waals surface area contributed by atoms with Crippen molar-refractivity contribution in [2.45, 2.75) is 118 Å². The van der Waals surface area contributed by atoms with Crippen LogP contribution in [0.4, 0.5) is 0 Å². The van der Waals surface area contributed by atoms with Crippen LogP contribution in [0.15, 0.2) is 11.6 Å². The van der Waals surface area contributed by atoms with E-state index in [1.54, 1.807) is 6.92 Å². The third kappa shape index (κ3) is 3.76. The zero-order chi connectivity index (χ0) is 27.1. The fourth-order valence-corrected chi connectivity index (χ4v) is 10.0. The molecule has 0 amide bonds. The Bertz CT molecular complexity index is 924. The van der Waals surface area contributed by atoms with Gasteiger partial charge < -0.3 is 25.5 Å². The van der Waals surface area contributed by atoms with Crippen molar-refractivity contribution in [3.63, 3.8) is 0 Å². The molecule has 0 aromatic heterocycles. The summed E-state index contributed by atoms with van der Waals surface area (Å²) in [5, 5.41) is 54.2. The molecular weight excluding hydrogens is 456 g/mol. The lowest BCUT2D eigenvalue weighted by atomic mass is 9.34. The van der Waals surface area contributed by atoms with Gasteiger partial charge in [-0.05, 0) is 85.9 Å². The summed E-state index contributed by atoms with van der Waals surface area (Å²) in [5.41, 5.74) is -1.71. The lowest BCUT2D eigenvalue weighted by molar-refractivity contribution is -0.225. The zero-order valence-electron chi connectivity index (χ0n) is 23.5. The largest absolute Gasteiger partial charge is 0.481 e. The maximum absolute atomic E-state index is 11.9. The van der Waals surface area contributed by atoms with Crippen LogP contribution in [0.3, 0.4) is 0 Å². The second-order valence-corrected chi connectivity index (χ2v) is 14.9. The SMILES string of the molecule is CC1(C)CC(O)C2(C)CC(O)C3(C)C(=CCC4C(C)(CCC(=O)O)C(C(C)(O)CO)CCC43C)C2C1. The first-order valence-corrected chi connectivity index (χ1v) is 14.0. The van der Waals surface area contributed by atoms with Crippen LogP contribution < -0.4 is 0 Å². The Morgan fingerprint density at radius 3 is 2.28 bits per heavy atom. The summed E-state index contributed by atoms with van der Waals surface area (Å²) in [6.45, 7) is 14.5. The van der Waals surface area contributed by atoms with Gasteiger partial charge in [-0.25, -0.2) is 0 Å². The highest BCUT2D eigenvalue weighted by Crippen LogP contribution is 2.74. The molecule has 0 saturated heterocycles. The molecular formula is C30H50O6. The minimum absolute atomic E-state index is 0.0119. The van der Waals surface area contributed by atoms with Gasteiger partial charge in [0.05, 0.1) is 24.4 Å². The summed E-state index contributed by atoms with van der Waals surface area (Å²) in [4.78, 5) is 11.7. The van der Waals surface area contributed by atoms with Gasteiger partial charge in [-0.3, -0.25) is 4.79 Å². The highest BCUT2D eigenvalue weighted by molar-refractivity contribution is 5.66. The molecule has 0 bridgehead atoms. The van der Waals surface area contributed by atoms with Gasteiger partial charge >= 0.3 is 5.97 Å². The topological polar surface area (TPSA) is 118 Å². The molecule has 36 heavy (non-hydrogen) atoms. The molecule has 0 radical (unpaired) electrons. The van der Waals surface area contributed by atoms with Crippen molar-refractivity contribution < 1.29 is 30.3 Å². The number of aliphatic hydroxyl groups is 4. The highest BCUT2D eigenvalue weighted by atomic mass is 16.4. The minimum Gasteiger partial charge on any atom is -0.481 e. The Hall–Kier alpha value is -0.950. The number of hydrogen-bond acceptors (Lipinski definition) is 5. The summed E-state index contributed by atoms with van der Waals surface area (Å²) in [6.07, 6.45) is 6.16. The quantitative estimate of drug-likeness (QED) is 0.350. The van der Waals surface area contributed by atoms with E-state index in [1.807, 2.05) is 0 Å². The monoisotopic (exact) mass is 506 g/mol. The fourth-order valence-electron chi connectivity index (χ4n) is 10.0. The van der Waals surface area contributed by atoms with E-state index in [2.05, 4.69) is 47.6 Å². The molecule has 4 rings (SSSR count). The molecule has 10 unspecified atom stereocenters. The molecule has 206 valence electrons. The summed E-state index contributed by atoms with van der Waals surface area (Å²) in [6, 6.07) is 0. The van der Waals surface area contributed by atoms with E-state index >= 15 is 0 Å². The second kappa shape index (κ2) is 8.53. The lowest BCUT2D eigenvalue weighted by Gasteiger charge is -2.71. The first kappa shape index (κ1) is 28.1. The van der Waals surface area contributed by atoms with Crippen molar-refractivity contribution in [1.82, 2.24) is 0 Å². The number of carboxylic acids is 1. The van der Waals surface area contributed by atoms with Crippen LogP contribution in [0.1, 0.15) is 99.8 Å². The number of rotatable bonds is 5. The molecule has 0 heterocycles. The average Bonchev–Trinajstić information content (AvgIpc) is 2.75. The summed E-state index contributed by atoms with van der Waals surface area (Å²) in [7, 11) is 0. The van der Waals surface area contributed by atoms with E-state index in [0.717, 1.165) is 25.7 Å². The van der Waals surface area contributed by atoms with Gasteiger partial charge in [0.1, 0.15) is 0 Å². The summed E-state index contributed by atoms with van der Waals surface area (Å²) in [5.74, 6) is -0.857. The van der Waals surface area contributed by atoms with Gasteiger partial charge in [0.2, 0.25) is 0 Å². The van der Waals surface area contributed by atoms with Gasteiger partial charge in [-0.15, -0.1) is 0 Å². The maximum atomic E-state index is 11.9. The van der Waals surface area contributed by atoms with Gasteiger partial charge in [0, 0.05) is 17.3 Å². The van der Waals surface area contributed by atoms with Crippen LogP contribution in [-0.2, 0) is 4.79 Å². The standard InChI is InChI=1S/C30H50O6/c1-25(2)14-19-18-8-9-20-26(3,12-11-24(34)35)21(29(6,36)17-31)10-13-28(20,5)30(18,7)23(33)16-27(19,4)22(32)15-25/h8,19-23,31-33,36H,9-17H2,1-7H3,(H,34,35). The number of hydrogen-bond donors (Lipinski definition) is 5. The zero-order valence-corrected chi connectivity index (χ0v) is 23.5. The van der Waals surface area contributed by atoms with Crippen molar-refractivity contribution in [2.75, 3.05) is 6.61 Å². The van der Waals surface area contributed by atoms with Crippen molar-refractivity contribution in [3.8, 4) is 0 Å². The molecule has 0 aliphatic heterocycles. The summed E-state index contributed by atoms with van der Waals surface area (Å²) >= 11 is 0. The molecule has 0 spiro atoms. The predicted molar refractivity (Wildman–Crippen MR) is 139 cm³/mol. The van der Waals surface area contributed by atoms with Crippen LogP contribution in [0.2, 0.25) is 0 Å². The summed E-state index contributed by atoms with van der Waals surface area (Å²) < 4.78 is 0. The third-order valence-corrected chi connectivity index (χ3v) is 12.4.